The van der Waals surface area contributed by atoms with Crippen LogP contribution in [0.25, 0.3) is 0 Å². The molecule has 2 aliphatic heterocycles. The van der Waals surface area contributed by atoms with Gasteiger partial charge in [0.2, 0.25) is 0 Å². The Balaban J connectivity index is 1.72. The summed E-state index contributed by atoms with van der Waals surface area (Å²) in [4.78, 5) is 12.2. The zero-order valence-electron chi connectivity index (χ0n) is 11.0. The largest absolute Gasteiger partial charge is 0.311 e. The molecular weight excluding hydrogens is 267 g/mol. The summed E-state index contributed by atoms with van der Waals surface area (Å²) in [5.74, 6) is -4.14. The zero-order chi connectivity index (χ0) is 14.3. The van der Waals surface area contributed by atoms with Crippen LogP contribution in [0.1, 0.15) is 31.2 Å². The van der Waals surface area contributed by atoms with Crippen molar-refractivity contribution in [3.63, 3.8) is 0 Å². The number of piperidine rings is 1. The average Bonchev–Trinajstić information content (AvgIpc) is 2.78. The standard InChI is InChI=1S/C15H16F3NO/c16-12-4-1-8(14(17)15(12)18)7-13(20)9-5-10-2-3-11(6-9)19-10/h1,4,9-11,19H,2-3,5-7H2. The Labute approximate surface area is 115 Å². The van der Waals surface area contributed by atoms with Crippen molar-refractivity contribution in [1.82, 2.24) is 5.32 Å². The first-order valence-electron chi connectivity index (χ1n) is 6.95. The van der Waals surface area contributed by atoms with E-state index in [1.54, 1.807) is 0 Å². The minimum Gasteiger partial charge on any atom is -0.311 e. The molecule has 2 saturated heterocycles. The lowest BCUT2D eigenvalue weighted by molar-refractivity contribution is -0.123. The third-order valence-electron chi connectivity index (χ3n) is 4.41. The molecule has 0 spiro atoms. The van der Waals surface area contributed by atoms with Gasteiger partial charge in [-0.05, 0) is 37.3 Å². The van der Waals surface area contributed by atoms with Crippen molar-refractivity contribution in [2.45, 2.75) is 44.2 Å². The Kier molecular flexibility index (Phi) is 3.54. The van der Waals surface area contributed by atoms with Gasteiger partial charge in [-0.25, -0.2) is 13.2 Å². The van der Waals surface area contributed by atoms with Gasteiger partial charge in [0.15, 0.2) is 17.5 Å². The number of hydrogen-bond donors (Lipinski definition) is 1. The minimum atomic E-state index is -1.50. The lowest BCUT2D eigenvalue weighted by Crippen LogP contribution is -2.40. The molecule has 108 valence electrons. The van der Waals surface area contributed by atoms with Gasteiger partial charge in [-0.2, -0.15) is 0 Å². The van der Waals surface area contributed by atoms with Crippen LogP contribution in [-0.2, 0) is 11.2 Å². The maximum Gasteiger partial charge on any atom is 0.194 e. The second kappa shape index (κ2) is 5.20. The van der Waals surface area contributed by atoms with Crippen LogP contribution < -0.4 is 5.32 Å². The summed E-state index contributed by atoms with van der Waals surface area (Å²) in [6.07, 6.45) is 3.52. The number of Topliss-reactive ketones (excluding diaryl/α,β-unsaturated/α-hetero) is 1. The van der Waals surface area contributed by atoms with E-state index in [1.807, 2.05) is 0 Å². The van der Waals surface area contributed by atoms with Crippen LogP contribution in [0.4, 0.5) is 13.2 Å². The van der Waals surface area contributed by atoms with Crippen molar-refractivity contribution in [3.05, 3.63) is 35.1 Å². The lowest BCUT2D eigenvalue weighted by Gasteiger charge is -2.28. The molecule has 2 heterocycles. The van der Waals surface area contributed by atoms with E-state index < -0.39 is 17.5 Å². The molecule has 5 heteroatoms. The van der Waals surface area contributed by atoms with Crippen molar-refractivity contribution >= 4 is 5.78 Å². The van der Waals surface area contributed by atoms with Crippen LogP contribution >= 0.6 is 0 Å². The minimum absolute atomic E-state index is 0.0558. The number of fused-ring (bicyclic) bond motifs is 2. The van der Waals surface area contributed by atoms with E-state index >= 15 is 0 Å². The highest BCUT2D eigenvalue weighted by Gasteiger charge is 2.36. The van der Waals surface area contributed by atoms with Gasteiger partial charge in [-0.1, -0.05) is 6.07 Å². The highest BCUT2D eigenvalue weighted by atomic mass is 19.2. The second-order valence-electron chi connectivity index (χ2n) is 5.78. The number of halogens is 3. The summed E-state index contributed by atoms with van der Waals surface area (Å²) >= 11 is 0. The molecule has 1 N–H and O–H groups in total. The number of hydrogen-bond acceptors (Lipinski definition) is 2. The van der Waals surface area contributed by atoms with Gasteiger partial charge in [0.25, 0.3) is 0 Å². The Morgan fingerprint density at radius 1 is 1.10 bits per heavy atom. The molecule has 0 saturated carbocycles. The number of benzene rings is 1. The van der Waals surface area contributed by atoms with Crippen LogP contribution in [0.3, 0.4) is 0 Å². The summed E-state index contributed by atoms with van der Waals surface area (Å²) in [5, 5.41) is 3.43. The highest BCUT2D eigenvalue weighted by molar-refractivity contribution is 5.83. The number of carbonyl (C=O) groups excluding carboxylic acids is 1. The molecule has 20 heavy (non-hydrogen) atoms. The Morgan fingerprint density at radius 3 is 2.40 bits per heavy atom. The average molecular weight is 283 g/mol. The molecule has 2 aliphatic rings. The SMILES string of the molecule is O=C(Cc1ccc(F)c(F)c1F)C1CC2CCC(C1)N2. The quantitative estimate of drug-likeness (QED) is 0.864. The summed E-state index contributed by atoms with van der Waals surface area (Å²) in [5.41, 5.74) is -0.0558. The first-order valence-corrected chi connectivity index (χ1v) is 6.95. The van der Waals surface area contributed by atoms with Gasteiger partial charge in [0.1, 0.15) is 5.78 Å². The molecule has 0 amide bonds. The Morgan fingerprint density at radius 2 is 1.75 bits per heavy atom. The zero-order valence-corrected chi connectivity index (χ0v) is 11.0. The molecule has 1 aromatic rings. The Hall–Kier alpha value is -1.36. The van der Waals surface area contributed by atoms with Gasteiger partial charge in [0, 0.05) is 24.4 Å². The summed E-state index contributed by atoms with van der Waals surface area (Å²) in [6, 6.07) is 2.77. The van der Waals surface area contributed by atoms with E-state index in [4.69, 9.17) is 0 Å². The maximum absolute atomic E-state index is 13.6. The number of ketones is 1. The fourth-order valence-electron chi connectivity index (χ4n) is 3.35. The number of rotatable bonds is 3. The Bertz CT molecular complexity index is 534. The number of carbonyl (C=O) groups is 1. The first-order chi connectivity index (χ1) is 9.54. The van der Waals surface area contributed by atoms with Crippen molar-refractivity contribution < 1.29 is 18.0 Å². The van der Waals surface area contributed by atoms with Gasteiger partial charge in [-0.3, -0.25) is 4.79 Å². The molecule has 0 aliphatic carbocycles. The van der Waals surface area contributed by atoms with Crippen molar-refractivity contribution in [2.24, 2.45) is 5.92 Å². The smallest absolute Gasteiger partial charge is 0.194 e. The molecule has 2 unspecified atom stereocenters. The van der Waals surface area contributed by atoms with E-state index in [1.165, 1.54) is 0 Å². The molecule has 1 aromatic carbocycles. The third kappa shape index (κ3) is 2.46. The van der Waals surface area contributed by atoms with E-state index in [9.17, 15) is 18.0 Å². The number of nitrogens with one attached hydrogen (secondary N) is 1. The van der Waals surface area contributed by atoms with Crippen LogP contribution in [0.2, 0.25) is 0 Å². The third-order valence-corrected chi connectivity index (χ3v) is 4.41. The van der Waals surface area contributed by atoms with Gasteiger partial charge < -0.3 is 5.32 Å². The molecule has 0 aromatic heterocycles. The lowest BCUT2D eigenvalue weighted by atomic mass is 9.86. The van der Waals surface area contributed by atoms with E-state index in [2.05, 4.69) is 5.32 Å². The first kappa shape index (κ1) is 13.6. The van der Waals surface area contributed by atoms with Crippen molar-refractivity contribution in [3.8, 4) is 0 Å². The molecule has 2 fully saturated rings. The molecule has 2 bridgehead atoms. The van der Waals surface area contributed by atoms with Gasteiger partial charge in [0.05, 0.1) is 0 Å². The van der Waals surface area contributed by atoms with Gasteiger partial charge in [-0.15, -0.1) is 0 Å². The van der Waals surface area contributed by atoms with Crippen LogP contribution in [0, 0.1) is 23.4 Å². The summed E-state index contributed by atoms with van der Waals surface area (Å²) < 4.78 is 39.6. The van der Waals surface area contributed by atoms with Crippen LogP contribution in [-0.4, -0.2) is 17.9 Å². The predicted octanol–water partition coefficient (Wildman–Crippen LogP) is 2.75. The van der Waals surface area contributed by atoms with Crippen molar-refractivity contribution in [2.75, 3.05) is 0 Å². The highest BCUT2D eigenvalue weighted by Crippen LogP contribution is 2.32. The van der Waals surface area contributed by atoms with Crippen LogP contribution in [0.15, 0.2) is 12.1 Å². The fraction of sp³-hybridized carbons (Fsp3) is 0.533. The molecular formula is C15H16F3NO. The second-order valence-corrected chi connectivity index (χ2v) is 5.78. The topological polar surface area (TPSA) is 29.1 Å². The summed E-state index contributed by atoms with van der Waals surface area (Å²) in [7, 11) is 0. The normalized spacial score (nSPS) is 28.6. The monoisotopic (exact) mass is 283 g/mol. The van der Waals surface area contributed by atoms with Crippen LogP contribution in [0.5, 0.6) is 0 Å². The molecule has 0 radical (unpaired) electrons. The predicted molar refractivity (Wildman–Crippen MR) is 67.7 cm³/mol. The van der Waals surface area contributed by atoms with Crippen molar-refractivity contribution in [1.29, 1.82) is 0 Å². The molecule has 3 rings (SSSR count). The molecule has 2 nitrogen and oxygen atoms in total. The fourth-order valence-corrected chi connectivity index (χ4v) is 3.35. The van der Waals surface area contributed by atoms with E-state index in [0.29, 0.717) is 12.1 Å². The maximum atomic E-state index is 13.6. The van der Waals surface area contributed by atoms with E-state index in [0.717, 1.165) is 37.8 Å². The van der Waals surface area contributed by atoms with E-state index in [-0.39, 0.29) is 23.7 Å². The molecule has 2 atom stereocenters. The summed E-state index contributed by atoms with van der Waals surface area (Å²) in [6.45, 7) is 0. The van der Waals surface area contributed by atoms with Gasteiger partial charge >= 0.3 is 0 Å².